The van der Waals surface area contributed by atoms with Crippen molar-refractivity contribution in [3.05, 3.63) is 11.1 Å². The molecule has 0 amide bonds. The van der Waals surface area contributed by atoms with Gasteiger partial charge in [0.25, 0.3) is 0 Å². The van der Waals surface area contributed by atoms with Crippen LogP contribution in [0.3, 0.4) is 0 Å². The Labute approximate surface area is 83.1 Å². The molecule has 0 atom stereocenters. The molecule has 0 unspecified atom stereocenters. The van der Waals surface area contributed by atoms with E-state index in [9.17, 15) is 0 Å². The van der Waals surface area contributed by atoms with Gasteiger partial charge in [0, 0.05) is 13.0 Å². The lowest BCUT2D eigenvalue weighted by atomic mass is 9.89. The Morgan fingerprint density at radius 3 is 2.46 bits per heavy atom. The molecule has 0 saturated heterocycles. The number of halogens is 1. The molecule has 0 spiro atoms. The first kappa shape index (κ1) is 9.00. The number of aromatic nitrogens is 3. The lowest BCUT2D eigenvalue weighted by molar-refractivity contribution is 0.420. The van der Waals surface area contributed by atoms with Crippen LogP contribution < -0.4 is 0 Å². The first-order chi connectivity index (χ1) is 6.29. The largest absolute Gasteiger partial charge is 0.305 e. The van der Waals surface area contributed by atoms with Gasteiger partial charge in [-0.3, -0.25) is 0 Å². The monoisotopic (exact) mass is 199 g/mol. The molecular formula is C9H14ClN3. The summed E-state index contributed by atoms with van der Waals surface area (Å²) < 4.78 is 1.90. The van der Waals surface area contributed by atoms with Crippen molar-refractivity contribution < 1.29 is 0 Å². The van der Waals surface area contributed by atoms with Gasteiger partial charge in [-0.1, -0.05) is 19.3 Å². The van der Waals surface area contributed by atoms with Gasteiger partial charge in [0.1, 0.15) is 5.82 Å². The van der Waals surface area contributed by atoms with Crippen LogP contribution >= 0.6 is 11.6 Å². The maximum absolute atomic E-state index is 5.84. The molecule has 72 valence electrons. The first-order valence-electron chi connectivity index (χ1n) is 4.84. The van der Waals surface area contributed by atoms with E-state index >= 15 is 0 Å². The van der Waals surface area contributed by atoms with E-state index in [0.29, 0.717) is 11.2 Å². The van der Waals surface area contributed by atoms with Crippen LogP contribution in [0, 0.1) is 0 Å². The van der Waals surface area contributed by atoms with E-state index < -0.39 is 0 Å². The second-order valence-corrected chi connectivity index (χ2v) is 4.06. The smallest absolute Gasteiger partial charge is 0.224 e. The second kappa shape index (κ2) is 3.66. The average molecular weight is 200 g/mol. The van der Waals surface area contributed by atoms with Crippen LogP contribution in [-0.4, -0.2) is 14.8 Å². The summed E-state index contributed by atoms with van der Waals surface area (Å²) >= 11 is 5.84. The molecule has 2 rings (SSSR count). The van der Waals surface area contributed by atoms with E-state index in [1.54, 1.807) is 0 Å². The van der Waals surface area contributed by atoms with Crippen LogP contribution in [0.4, 0.5) is 0 Å². The molecule has 1 aliphatic rings. The maximum atomic E-state index is 5.84. The van der Waals surface area contributed by atoms with Crippen LogP contribution in [0.15, 0.2) is 0 Å². The van der Waals surface area contributed by atoms with Gasteiger partial charge in [0.05, 0.1) is 0 Å². The van der Waals surface area contributed by atoms with Gasteiger partial charge in [0.15, 0.2) is 0 Å². The van der Waals surface area contributed by atoms with Gasteiger partial charge in [-0.25, -0.2) is 0 Å². The standard InChI is InChI=1S/C9H14ClN3/c1-13-8(11-12-9(13)10)7-5-3-2-4-6-7/h7H,2-6H2,1H3. The fraction of sp³-hybridized carbons (Fsp3) is 0.778. The second-order valence-electron chi connectivity index (χ2n) is 3.72. The van der Waals surface area contributed by atoms with E-state index in [2.05, 4.69) is 10.2 Å². The van der Waals surface area contributed by atoms with E-state index in [0.717, 1.165) is 5.82 Å². The third-order valence-electron chi connectivity index (χ3n) is 2.83. The summed E-state index contributed by atoms with van der Waals surface area (Å²) in [4.78, 5) is 0. The van der Waals surface area contributed by atoms with Gasteiger partial charge in [-0.2, -0.15) is 0 Å². The SMILES string of the molecule is Cn1c(Cl)nnc1C1CCCCC1. The molecule has 0 radical (unpaired) electrons. The van der Waals surface area contributed by atoms with E-state index in [1.165, 1.54) is 32.1 Å². The Morgan fingerprint density at radius 1 is 1.23 bits per heavy atom. The van der Waals surface area contributed by atoms with Crippen LogP contribution in [-0.2, 0) is 7.05 Å². The molecule has 1 aromatic rings. The van der Waals surface area contributed by atoms with Crippen molar-refractivity contribution in [1.82, 2.24) is 14.8 Å². The molecule has 4 heteroatoms. The quantitative estimate of drug-likeness (QED) is 0.696. The number of nitrogens with zero attached hydrogens (tertiary/aromatic N) is 3. The molecule has 13 heavy (non-hydrogen) atoms. The highest BCUT2D eigenvalue weighted by atomic mass is 35.5. The zero-order chi connectivity index (χ0) is 9.26. The van der Waals surface area contributed by atoms with Gasteiger partial charge < -0.3 is 4.57 Å². The molecule has 3 nitrogen and oxygen atoms in total. The predicted molar refractivity (Wildman–Crippen MR) is 51.8 cm³/mol. The minimum absolute atomic E-state index is 0.501. The Kier molecular flexibility index (Phi) is 2.54. The van der Waals surface area contributed by atoms with Gasteiger partial charge >= 0.3 is 0 Å². The summed E-state index contributed by atoms with van der Waals surface area (Å²) in [5, 5.41) is 8.49. The highest BCUT2D eigenvalue weighted by molar-refractivity contribution is 6.28. The molecule has 1 aliphatic carbocycles. The molecular weight excluding hydrogens is 186 g/mol. The van der Waals surface area contributed by atoms with E-state index in [1.807, 2.05) is 11.6 Å². The zero-order valence-corrected chi connectivity index (χ0v) is 8.59. The van der Waals surface area contributed by atoms with Crippen LogP contribution in [0.1, 0.15) is 43.8 Å². The van der Waals surface area contributed by atoms with Crippen molar-refractivity contribution in [3.8, 4) is 0 Å². The minimum Gasteiger partial charge on any atom is -0.305 e. The van der Waals surface area contributed by atoms with Crippen molar-refractivity contribution in [1.29, 1.82) is 0 Å². The summed E-state index contributed by atoms with van der Waals surface area (Å²) in [5.41, 5.74) is 0. The Hall–Kier alpha value is -0.570. The average Bonchev–Trinajstić information content (AvgIpc) is 2.49. The minimum atomic E-state index is 0.501. The fourth-order valence-electron chi connectivity index (χ4n) is 2.04. The highest BCUT2D eigenvalue weighted by Gasteiger charge is 2.20. The molecule has 0 N–H and O–H groups in total. The summed E-state index contributed by atoms with van der Waals surface area (Å²) in [6.45, 7) is 0. The molecule has 0 aliphatic heterocycles. The molecule has 1 heterocycles. The predicted octanol–water partition coefficient (Wildman–Crippen LogP) is 2.52. The van der Waals surface area contributed by atoms with Crippen molar-refractivity contribution >= 4 is 11.6 Å². The van der Waals surface area contributed by atoms with E-state index in [-0.39, 0.29) is 0 Å². The summed E-state index contributed by atoms with van der Waals surface area (Å²) in [6.07, 6.45) is 6.47. The third-order valence-corrected chi connectivity index (χ3v) is 3.15. The Bertz CT molecular complexity index is 289. The summed E-state index contributed by atoms with van der Waals surface area (Å²) in [5.74, 6) is 1.64. The van der Waals surface area contributed by atoms with Crippen LogP contribution in [0.25, 0.3) is 0 Å². The summed E-state index contributed by atoms with van der Waals surface area (Å²) in [6, 6.07) is 0. The highest BCUT2D eigenvalue weighted by Crippen LogP contribution is 2.31. The maximum Gasteiger partial charge on any atom is 0.224 e. The van der Waals surface area contributed by atoms with Crippen LogP contribution in [0.2, 0.25) is 5.28 Å². The first-order valence-corrected chi connectivity index (χ1v) is 5.21. The number of rotatable bonds is 1. The zero-order valence-electron chi connectivity index (χ0n) is 7.83. The van der Waals surface area contributed by atoms with Crippen molar-refractivity contribution in [2.75, 3.05) is 0 Å². The van der Waals surface area contributed by atoms with Gasteiger partial charge in [0.2, 0.25) is 5.28 Å². The normalized spacial score (nSPS) is 19.2. The number of hydrogen-bond donors (Lipinski definition) is 0. The van der Waals surface area contributed by atoms with Crippen LogP contribution in [0.5, 0.6) is 0 Å². The van der Waals surface area contributed by atoms with Crippen molar-refractivity contribution in [2.24, 2.45) is 7.05 Å². The van der Waals surface area contributed by atoms with Gasteiger partial charge in [-0.15, -0.1) is 10.2 Å². The van der Waals surface area contributed by atoms with Crippen molar-refractivity contribution in [3.63, 3.8) is 0 Å². The Balaban J connectivity index is 2.18. The summed E-state index contributed by atoms with van der Waals surface area (Å²) in [7, 11) is 1.94. The van der Waals surface area contributed by atoms with Gasteiger partial charge in [-0.05, 0) is 24.4 Å². The molecule has 1 aromatic heterocycles. The fourth-order valence-corrected chi connectivity index (χ4v) is 2.16. The van der Waals surface area contributed by atoms with Crippen molar-refractivity contribution in [2.45, 2.75) is 38.0 Å². The lowest BCUT2D eigenvalue weighted by Crippen LogP contribution is -2.10. The molecule has 0 aromatic carbocycles. The molecule has 0 bridgehead atoms. The van der Waals surface area contributed by atoms with E-state index in [4.69, 9.17) is 11.6 Å². The molecule has 1 saturated carbocycles. The third kappa shape index (κ3) is 1.70. The Morgan fingerprint density at radius 2 is 1.92 bits per heavy atom. The lowest BCUT2D eigenvalue weighted by Gasteiger charge is -2.20. The number of hydrogen-bond acceptors (Lipinski definition) is 2. The molecule has 1 fully saturated rings. The topological polar surface area (TPSA) is 30.7 Å².